The molecule has 180 valence electrons. The van der Waals surface area contributed by atoms with Gasteiger partial charge in [-0.2, -0.15) is 8.42 Å². The lowest BCUT2D eigenvalue weighted by Crippen LogP contribution is -2.21. The van der Waals surface area contributed by atoms with Gasteiger partial charge in [-0.3, -0.25) is 4.79 Å². The molecule has 2 aromatic rings. The van der Waals surface area contributed by atoms with Gasteiger partial charge in [-0.05, 0) is 86.1 Å². The van der Waals surface area contributed by atoms with Gasteiger partial charge in [0.1, 0.15) is 11.5 Å². The fraction of sp³-hybridized carbons (Fsp3) is 0.480. The molecule has 0 bridgehead atoms. The summed E-state index contributed by atoms with van der Waals surface area (Å²) in [7, 11) is -0.288. The highest BCUT2D eigenvalue weighted by Crippen LogP contribution is 2.34. The number of ether oxygens (including phenoxy) is 2. The van der Waals surface area contributed by atoms with E-state index in [1.54, 1.807) is 32.4 Å². The van der Waals surface area contributed by atoms with Crippen molar-refractivity contribution in [2.45, 2.75) is 38.5 Å². The molecule has 0 aromatic heterocycles. The predicted molar refractivity (Wildman–Crippen MR) is 128 cm³/mol. The third-order valence-corrected chi connectivity index (χ3v) is 6.43. The quantitative estimate of drug-likeness (QED) is 0.303. The Hall–Kier alpha value is -2.58. The molecule has 0 saturated carbocycles. The maximum atomic E-state index is 12.8. The van der Waals surface area contributed by atoms with Gasteiger partial charge in [0, 0.05) is 12.3 Å². The zero-order chi connectivity index (χ0) is 23.8. The molecule has 1 atom stereocenters. The van der Waals surface area contributed by atoms with Crippen LogP contribution in [0, 0.1) is 5.92 Å². The molecule has 7 nitrogen and oxygen atoms in total. The van der Waals surface area contributed by atoms with Gasteiger partial charge in [0.15, 0.2) is 11.5 Å². The molecule has 0 fully saturated rings. The second-order valence-electron chi connectivity index (χ2n) is 8.43. The molecule has 0 spiro atoms. The van der Waals surface area contributed by atoms with Crippen LogP contribution in [-0.4, -0.2) is 47.8 Å². The molecule has 0 aliphatic heterocycles. The Bertz CT molecular complexity index is 1070. The summed E-state index contributed by atoms with van der Waals surface area (Å²) in [5.41, 5.74) is 3.22. The van der Waals surface area contributed by atoms with Crippen LogP contribution < -0.4 is 19.0 Å². The number of ketones is 1. The Morgan fingerprint density at radius 3 is 2.45 bits per heavy atom. The van der Waals surface area contributed by atoms with Gasteiger partial charge in [-0.15, -0.1) is 0 Å². The number of benzene rings is 2. The summed E-state index contributed by atoms with van der Waals surface area (Å²) in [6.45, 7) is 1.60. The zero-order valence-electron chi connectivity index (χ0n) is 19.6. The molecule has 1 N–H and O–H groups in total. The summed E-state index contributed by atoms with van der Waals surface area (Å²) in [5.74, 6) is 2.07. The fourth-order valence-electron chi connectivity index (χ4n) is 4.25. The number of fused-ring (bicyclic) bond motifs is 1. The Balaban J connectivity index is 1.42. The largest absolute Gasteiger partial charge is 0.493 e. The molecule has 1 unspecified atom stereocenters. The third-order valence-electron chi connectivity index (χ3n) is 5.93. The molecule has 33 heavy (non-hydrogen) atoms. The van der Waals surface area contributed by atoms with Crippen LogP contribution in [0.5, 0.6) is 17.2 Å². The van der Waals surface area contributed by atoms with Gasteiger partial charge >= 0.3 is 10.1 Å². The van der Waals surface area contributed by atoms with Crippen molar-refractivity contribution in [2.24, 2.45) is 5.92 Å². The summed E-state index contributed by atoms with van der Waals surface area (Å²) < 4.78 is 38.3. The molecule has 1 aliphatic rings. The summed E-state index contributed by atoms with van der Waals surface area (Å²) in [6, 6.07) is 11.0. The molecule has 3 rings (SSSR count). The Morgan fingerprint density at radius 1 is 1.03 bits per heavy atom. The first-order chi connectivity index (χ1) is 15.8. The smallest absolute Gasteiger partial charge is 0.306 e. The summed E-state index contributed by atoms with van der Waals surface area (Å²) >= 11 is 0. The van der Waals surface area contributed by atoms with Crippen LogP contribution >= 0.6 is 0 Å². The second kappa shape index (κ2) is 11.5. The number of carbonyl (C=O) groups excluding carboxylic acids is 1. The van der Waals surface area contributed by atoms with Crippen molar-refractivity contribution in [3.63, 3.8) is 0 Å². The number of carbonyl (C=O) groups is 1. The first kappa shape index (κ1) is 25.1. The lowest BCUT2D eigenvalue weighted by atomic mass is 9.93. The number of hydrogen-bond acceptors (Lipinski definition) is 7. The van der Waals surface area contributed by atoms with Gasteiger partial charge < -0.3 is 19.0 Å². The highest BCUT2D eigenvalue weighted by molar-refractivity contribution is 7.86. The van der Waals surface area contributed by atoms with E-state index in [1.165, 1.54) is 5.56 Å². The van der Waals surface area contributed by atoms with Gasteiger partial charge in [0.25, 0.3) is 0 Å². The molecule has 0 radical (unpaired) electrons. The molecule has 1 aliphatic carbocycles. The molecule has 8 heteroatoms. The second-order valence-corrected chi connectivity index (χ2v) is 10.0. The molecule has 0 saturated heterocycles. The molecular formula is C25H33NO6S. The van der Waals surface area contributed by atoms with Crippen molar-refractivity contribution in [3.8, 4) is 17.2 Å². The minimum Gasteiger partial charge on any atom is -0.493 e. The van der Waals surface area contributed by atoms with E-state index < -0.39 is 10.1 Å². The van der Waals surface area contributed by atoms with Crippen LogP contribution in [0.15, 0.2) is 36.4 Å². The van der Waals surface area contributed by atoms with E-state index in [9.17, 15) is 13.2 Å². The van der Waals surface area contributed by atoms with E-state index >= 15 is 0 Å². The summed E-state index contributed by atoms with van der Waals surface area (Å²) in [5, 5.41) is 3.42. The van der Waals surface area contributed by atoms with Crippen molar-refractivity contribution in [2.75, 3.05) is 33.6 Å². The number of methoxy groups -OCH3 is 2. The average molecular weight is 476 g/mol. The number of rotatable bonds is 11. The maximum absolute atomic E-state index is 12.8. The van der Waals surface area contributed by atoms with E-state index in [1.807, 2.05) is 18.2 Å². The predicted octanol–water partition coefficient (Wildman–Crippen LogP) is 3.33. The minimum atomic E-state index is -3.52. The maximum Gasteiger partial charge on any atom is 0.306 e. The lowest BCUT2D eigenvalue weighted by Gasteiger charge is -2.13. The normalized spacial score (nSPS) is 16.1. The molecular weight excluding hydrogens is 442 g/mol. The summed E-state index contributed by atoms with van der Waals surface area (Å²) in [6.07, 6.45) is 5.76. The van der Waals surface area contributed by atoms with Crippen molar-refractivity contribution in [3.05, 3.63) is 53.1 Å². The van der Waals surface area contributed by atoms with Crippen molar-refractivity contribution in [1.29, 1.82) is 0 Å². The fourth-order valence-corrected chi connectivity index (χ4v) is 4.70. The highest BCUT2D eigenvalue weighted by atomic mass is 32.2. The van der Waals surface area contributed by atoms with Crippen LogP contribution in [-0.2, 0) is 34.2 Å². The van der Waals surface area contributed by atoms with Crippen LogP contribution in [0.3, 0.4) is 0 Å². The van der Waals surface area contributed by atoms with E-state index in [-0.39, 0.29) is 5.92 Å². The van der Waals surface area contributed by atoms with Crippen molar-refractivity contribution in [1.82, 2.24) is 5.32 Å². The van der Waals surface area contributed by atoms with Crippen LogP contribution in [0.1, 0.15) is 36.0 Å². The Kier molecular flexibility index (Phi) is 8.74. The van der Waals surface area contributed by atoms with Crippen LogP contribution in [0.25, 0.3) is 0 Å². The molecule has 0 heterocycles. The first-order valence-electron chi connectivity index (χ1n) is 11.2. The Morgan fingerprint density at radius 2 is 1.76 bits per heavy atom. The SMILES string of the molecule is COc1cc2c(cc1OC)CC(=O)C(CCCNCCc1cccc(OS(C)(=O)=O)c1)CC2. The van der Waals surface area contributed by atoms with Gasteiger partial charge in [-0.1, -0.05) is 12.1 Å². The van der Waals surface area contributed by atoms with E-state index in [2.05, 4.69) is 5.32 Å². The zero-order valence-corrected chi connectivity index (χ0v) is 20.4. The van der Waals surface area contributed by atoms with Crippen LogP contribution in [0.4, 0.5) is 0 Å². The van der Waals surface area contributed by atoms with Gasteiger partial charge in [-0.25, -0.2) is 0 Å². The lowest BCUT2D eigenvalue weighted by molar-refractivity contribution is -0.122. The molecule has 2 aromatic carbocycles. The average Bonchev–Trinajstić information content (AvgIpc) is 2.92. The number of nitrogens with one attached hydrogen (secondary N) is 1. The molecule has 0 amide bonds. The van der Waals surface area contributed by atoms with Crippen LogP contribution in [0.2, 0.25) is 0 Å². The number of aryl methyl sites for hydroxylation is 1. The van der Waals surface area contributed by atoms with Gasteiger partial charge in [0.05, 0.1) is 20.5 Å². The topological polar surface area (TPSA) is 90.9 Å². The van der Waals surface area contributed by atoms with E-state index in [4.69, 9.17) is 13.7 Å². The number of Topliss-reactive ketones (excluding diaryl/α,β-unsaturated/α-hetero) is 1. The number of hydrogen-bond donors (Lipinski definition) is 1. The third kappa shape index (κ3) is 7.47. The van der Waals surface area contributed by atoms with Crippen molar-refractivity contribution < 1.29 is 26.9 Å². The van der Waals surface area contributed by atoms with Crippen molar-refractivity contribution >= 4 is 15.9 Å². The minimum absolute atomic E-state index is 0.0704. The van der Waals surface area contributed by atoms with E-state index in [0.717, 1.165) is 62.6 Å². The highest BCUT2D eigenvalue weighted by Gasteiger charge is 2.25. The van der Waals surface area contributed by atoms with Gasteiger partial charge in [0.2, 0.25) is 0 Å². The van der Waals surface area contributed by atoms with E-state index in [0.29, 0.717) is 29.5 Å². The standard InChI is InChI=1S/C25H33NO6S/c1-30-24-16-20-10-9-19(23(27)15-21(20)17-25(24)31-2)7-5-12-26-13-11-18-6-4-8-22(14-18)32-33(3,28)29/h4,6,8,14,16-17,19,26H,5,7,9-13,15H2,1-3H3. The first-order valence-corrected chi connectivity index (χ1v) is 13.1. The monoisotopic (exact) mass is 475 g/mol. The summed E-state index contributed by atoms with van der Waals surface area (Å²) in [4.78, 5) is 12.8. The Labute approximate surface area is 196 Å².